The quantitative estimate of drug-likeness (QED) is 0.558. The molecule has 0 aliphatic carbocycles. The van der Waals surface area contributed by atoms with Crippen LogP contribution < -0.4 is 9.47 Å². The Bertz CT molecular complexity index is 1150. The maximum atomic E-state index is 6.85. The zero-order chi connectivity index (χ0) is 22.3. The Morgan fingerprint density at radius 2 is 1.67 bits per heavy atom. The molecule has 0 unspecified atom stereocenters. The van der Waals surface area contributed by atoms with E-state index >= 15 is 0 Å². The summed E-state index contributed by atoms with van der Waals surface area (Å²) in [6.07, 6.45) is 2.68. The maximum Gasteiger partial charge on any atom is 0.200 e. The Kier molecular flexibility index (Phi) is 5.07. The lowest BCUT2D eigenvalue weighted by Gasteiger charge is -2.51. The van der Waals surface area contributed by atoms with Crippen molar-refractivity contribution < 1.29 is 9.47 Å². The number of ether oxygens (including phenoxy) is 2. The van der Waals surface area contributed by atoms with Crippen LogP contribution in [0.3, 0.4) is 0 Å². The van der Waals surface area contributed by atoms with Crippen molar-refractivity contribution in [1.29, 1.82) is 0 Å². The molecule has 0 radical (unpaired) electrons. The number of rotatable bonds is 4. The van der Waals surface area contributed by atoms with Crippen molar-refractivity contribution in [2.24, 2.45) is 5.10 Å². The first-order valence-corrected chi connectivity index (χ1v) is 11.8. The monoisotopic (exact) mass is 439 g/mol. The molecule has 1 fully saturated rings. The molecule has 5 heteroatoms. The van der Waals surface area contributed by atoms with Gasteiger partial charge in [0, 0.05) is 44.5 Å². The van der Waals surface area contributed by atoms with E-state index in [1.165, 1.54) is 16.7 Å². The maximum absolute atomic E-state index is 6.85. The van der Waals surface area contributed by atoms with Gasteiger partial charge >= 0.3 is 0 Å². The summed E-state index contributed by atoms with van der Waals surface area (Å²) in [5.74, 6) is 1.70. The number of nitrogens with zero attached hydrogens (tertiary/aromatic N) is 3. The van der Waals surface area contributed by atoms with Crippen LogP contribution in [0.4, 0.5) is 0 Å². The van der Waals surface area contributed by atoms with Gasteiger partial charge < -0.3 is 9.47 Å². The fourth-order valence-electron chi connectivity index (χ4n) is 5.47. The summed E-state index contributed by atoms with van der Waals surface area (Å²) in [6, 6.07) is 27.6. The number of para-hydroxylation sites is 1. The highest BCUT2D eigenvalue weighted by Gasteiger charge is 2.52. The Morgan fingerprint density at radius 3 is 2.39 bits per heavy atom. The molecule has 0 N–H and O–H groups in total. The topological polar surface area (TPSA) is 37.3 Å². The molecule has 5 nitrogen and oxygen atoms in total. The fourth-order valence-corrected chi connectivity index (χ4v) is 5.47. The van der Waals surface area contributed by atoms with E-state index in [1.807, 2.05) is 6.07 Å². The van der Waals surface area contributed by atoms with E-state index in [-0.39, 0.29) is 6.04 Å². The van der Waals surface area contributed by atoms with Gasteiger partial charge in [-0.25, -0.2) is 5.01 Å². The van der Waals surface area contributed by atoms with Crippen molar-refractivity contribution in [3.05, 3.63) is 95.6 Å². The number of hydrogen-bond donors (Lipinski definition) is 0. The minimum Gasteiger partial charge on any atom is -0.493 e. The van der Waals surface area contributed by atoms with Gasteiger partial charge in [-0.05, 0) is 17.2 Å². The molecule has 0 saturated carbocycles. The molecular formula is C28H29N3O2. The lowest BCUT2D eigenvalue weighted by atomic mass is 9.90. The number of benzene rings is 3. The van der Waals surface area contributed by atoms with Gasteiger partial charge in [-0.3, -0.25) is 4.90 Å². The SMILES string of the molecule is COc1cccc2c1OC1(CCN(Cc3ccccc3)CC1)N1N=C(c3ccccc3)C[C@H]21. The molecule has 0 aromatic heterocycles. The molecule has 1 spiro atoms. The molecule has 6 rings (SSSR count). The Balaban J connectivity index is 1.33. The fraction of sp³-hybridized carbons (Fsp3) is 0.321. The van der Waals surface area contributed by atoms with Crippen LogP contribution in [0.25, 0.3) is 0 Å². The molecular weight excluding hydrogens is 410 g/mol. The smallest absolute Gasteiger partial charge is 0.200 e. The van der Waals surface area contributed by atoms with Crippen molar-refractivity contribution >= 4 is 5.71 Å². The van der Waals surface area contributed by atoms with Gasteiger partial charge in [-0.2, -0.15) is 5.10 Å². The van der Waals surface area contributed by atoms with E-state index in [2.05, 4.69) is 82.7 Å². The summed E-state index contributed by atoms with van der Waals surface area (Å²) in [7, 11) is 1.72. The summed E-state index contributed by atoms with van der Waals surface area (Å²) < 4.78 is 12.6. The van der Waals surface area contributed by atoms with Crippen LogP contribution in [-0.4, -0.2) is 41.5 Å². The number of piperidine rings is 1. The number of hydrazone groups is 1. The van der Waals surface area contributed by atoms with Crippen molar-refractivity contribution in [3.63, 3.8) is 0 Å². The van der Waals surface area contributed by atoms with Gasteiger partial charge in [0.2, 0.25) is 5.72 Å². The zero-order valence-electron chi connectivity index (χ0n) is 19.0. The highest BCUT2D eigenvalue weighted by atomic mass is 16.5. The Hall–Kier alpha value is -3.31. The molecule has 3 aromatic rings. The second kappa shape index (κ2) is 8.23. The lowest BCUT2D eigenvalue weighted by Crippen LogP contribution is -2.59. The number of likely N-dealkylation sites (tertiary alicyclic amines) is 1. The molecule has 0 amide bonds. The van der Waals surface area contributed by atoms with E-state index < -0.39 is 5.72 Å². The van der Waals surface area contributed by atoms with Gasteiger partial charge in [0.1, 0.15) is 0 Å². The largest absolute Gasteiger partial charge is 0.493 e. The van der Waals surface area contributed by atoms with Crippen LogP contribution in [0, 0.1) is 0 Å². The number of hydrogen-bond acceptors (Lipinski definition) is 5. The van der Waals surface area contributed by atoms with E-state index in [9.17, 15) is 0 Å². The molecule has 3 aliphatic heterocycles. The average Bonchev–Trinajstić information content (AvgIpc) is 3.34. The first-order chi connectivity index (χ1) is 16.3. The molecule has 1 saturated heterocycles. The standard InChI is InChI=1S/C28H29N3O2/c1-32-26-14-8-13-23-25-19-24(22-11-6-3-7-12-22)29-31(25)28(33-27(23)26)15-17-30(18-16-28)20-21-9-4-2-5-10-21/h2-14,25H,15-20H2,1H3/t25-/m1/s1. The predicted molar refractivity (Wildman–Crippen MR) is 129 cm³/mol. The van der Waals surface area contributed by atoms with Crippen LogP contribution in [0.5, 0.6) is 11.5 Å². The second-order valence-electron chi connectivity index (χ2n) is 9.17. The molecule has 33 heavy (non-hydrogen) atoms. The van der Waals surface area contributed by atoms with Gasteiger partial charge in [0.05, 0.1) is 18.9 Å². The van der Waals surface area contributed by atoms with Crippen LogP contribution in [0.15, 0.2) is 84.0 Å². The summed E-state index contributed by atoms with van der Waals surface area (Å²) in [5.41, 5.74) is 4.39. The van der Waals surface area contributed by atoms with E-state index in [0.717, 1.165) is 56.1 Å². The summed E-state index contributed by atoms with van der Waals surface area (Å²) >= 11 is 0. The average molecular weight is 440 g/mol. The Morgan fingerprint density at radius 1 is 0.939 bits per heavy atom. The molecule has 3 heterocycles. The van der Waals surface area contributed by atoms with Crippen LogP contribution in [0.1, 0.15) is 42.0 Å². The normalized spacial score (nSPS) is 21.2. The summed E-state index contributed by atoms with van der Waals surface area (Å²) in [4.78, 5) is 2.52. The van der Waals surface area contributed by atoms with E-state index in [1.54, 1.807) is 7.11 Å². The minimum atomic E-state index is -0.448. The van der Waals surface area contributed by atoms with Crippen LogP contribution in [0.2, 0.25) is 0 Å². The third-order valence-corrected chi connectivity index (χ3v) is 7.20. The van der Waals surface area contributed by atoms with Gasteiger partial charge in [-0.1, -0.05) is 72.8 Å². The highest BCUT2D eigenvalue weighted by Crippen LogP contribution is 2.52. The van der Waals surface area contributed by atoms with Crippen LogP contribution in [-0.2, 0) is 6.54 Å². The van der Waals surface area contributed by atoms with Gasteiger partial charge in [0.15, 0.2) is 11.5 Å². The molecule has 3 aromatic carbocycles. The summed E-state index contributed by atoms with van der Waals surface area (Å²) in [5, 5.41) is 7.46. The van der Waals surface area contributed by atoms with E-state index in [4.69, 9.17) is 14.6 Å². The third kappa shape index (κ3) is 3.57. The minimum absolute atomic E-state index is 0.166. The highest BCUT2D eigenvalue weighted by molar-refractivity contribution is 6.02. The predicted octanol–water partition coefficient (Wildman–Crippen LogP) is 5.23. The number of methoxy groups -OCH3 is 1. The van der Waals surface area contributed by atoms with Crippen molar-refractivity contribution in [2.45, 2.75) is 37.6 Å². The van der Waals surface area contributed by atoms with Crippen molar-refractivity contribution in [2.75, 3.05) is 20.2 Å². The van der Waals surface area contributed by atoms with E-state index in [0.29, 0.717) is 0 Å². The molecule has 1 atom stereocenters. The first kappa shape index (κ1) is 20.3. The summed E-state index contributed by atoms with van der Waals surface area (Å²) in [6.45, 7) is 2.91. The molecule has 3 aliphatic rings. The van der Waals surface area contributed by atoms with Gasteiger partial charge in [-0.15, -0.1) is 0 Å². The first-order valence-electron chi connectivity index (χ1n) is 11.8. The van der Waals surface area contributed by atoms with Crippen LogP contribution >= 0.6 is 0 Å². The molecule has 0 bridgehead atoms. The Labute approximate surface area is 195 Å². The lowest BCUT2D eigenvalue weighted by molar-refractivity contribution is -0.151. The van der Waals surface area contributed by atoms with Crippen molar-refractivity contribution in [1.82, 2.24) is 9.91 Å². The second-order valence-corrected chi connectivity index (χ2v) is 9.17. The number of fused-ring (bicyclic) bond motifs is 4. The van der Waals surface area contributed by atoms with Crippen molar-refractivity contribution in [3.8, 4) is 11.5 Å². The third-order valence-electron chi connectivity index (χ3n) is 7.20. The molecule has 168 valence electrons. The zero-order valence-corrected chi connectivity index (χ0v) is 19.0. The van der Waals surface area contributed by atoms with Gasteiger partial charge in [0.25, 0.3) is 0 Å².